The van der Waals surface area contributed by atoms with Gasteiger partial charge in [0, 0.05) is 5.56 Å². The average Bonchev–Trinajstić information content (AvgIpc) is 2.66. The Morgan fingerprint density at radius 3 is 2.08 bits per heavy atom. The predicted octanol–water partition coefficient (Wildman–Crippen LogP) is 5.92. The quantitative estimate of drug-likeness (QED) is 0.411. The van der Waals surface area contributed by atoms with Gasteiger partial charge in [-0.3, -0.25) is 0 Å². The van der Waals surface area contributed by atoms with Crippen molar-refractivity contribution in [2.24, 2.45) is 5.16 Å². The van der Waals surface area contributed by atoms with E-state index in [9.17, 15) is 13.2 Å². The first-order valence-corrected chi connectivity index (χ1v) is 8.00. The van der Waals surface area contributed by atoms with Gasteiger partial charge in [0.25, 0.3) is 0 Å². The van der Waals surface area contributed by atoms with Gasteiger partial charge in [0.05, 0.1) is 11.8 Å². The first-order valence-electron chi connectivity index (χ1n) is 8.00. The van der Waals surface area contributed by atoms with Crippen molar-refractivity contribution in [2.75, 3.05) is 0 Å². The number of nitrogens with zero attached hydrogens (tertiary/aromatic N) is 1. The molecule has 2 nitrogen and oxygen atoms in total. The number of hydrogen-bond donors (Lipinski definition) is 0. The summed E-state index contributed by atoms with van der Waals surface area (Å²) in [6.07, 6.45) is -3.34. The van der Waals surface area contributed by atoms with Crippen LogP contribution in [0.25, 0.3) is 11.1 Å². The maximum atomic E-state index is 12.9. The monoisotopic (exact) mass is 355 g/mol. The van der Waals surface area contributed by atoms with Crippen molar-refractivity contribution in [3.63, 3.8) is 0 Å². The van der Waals surface area contributed by atoms with Gasteiger partial charge < -0.3 is 4.84 Å². The minimum atomic E-state index is -4.42. The molecular formula is C21H16F3NO. The van der Waals surface area contributed by atoms with E-state index in [0.717, 1.165) is 29.0 Å². The van der Waals surface area contributed by atoms with Gasteiger partial charge >= 0.3 is 6.18 Å². The average molecular weight is 355 g/mol. The molecule has 0 N–H and O–H groups in total. The van der Waals surface area contributed by atoms with E-state index in [1.165, 1.54) is 18.2 Å². The van der Waals surface area contributed by atoms with E-state index in [1.807, 2.05) is 54.6 Å². The van der Waals surface area contributed by atoms with Crippen LogP contribution < -0.4 is 0 Å². The summed E-state index contributed by atoms with van der Waals surface area (Å²) in [4.78, 5) is 5.14. The second-order valence-corrected chi connectivity index (χ2v) is 5.66. The Labute approximate surface area is 149 Å². The van der Waals surface area contributed by atoms with Gasteiger partial charge in [-0.25, -0.2) is 0 Å². The molecule has 0 amide bonds. The standard InChI is InChI=1S/C21H16F3NO/c22-21(23,24)20-9-5-4-8-19(20)14-25-26-15-16-10-12-18(13-11-16)17-6-2-1-3-7-17/h1-14H,15H2. The van der Waals surface area contributed by atoms with E-state index in [-0.39, 0.29) is 12.2 Å². The van der Waals surface area contributed by atoms with Crippen molar-refractivity contribution in [3.8, 4) is 11.1 Å². The van der Waals surface area contributed by atoms with E-state index >= 15 is 0 Å². The number of alkyl halides is 3. The molecule has 0 aliphatic heterocycles. The normalized spacial score (nSPS) is 11.7. The van der Waals surface area contributed by atoms with Crippen molar-refractivity contribution in [3.05, 3.63) is 95.6 Å². The summed E-state index contributed by atoms with van der Waals surface area (Å²) in [7, 11) is 0. The highest BCUT2D eigenvalue weighted by molar-refractivity contribution is 5.81. The highest BCUT2D eigenvalue weighted by atomic mass is 19.4. The fourth-order valence-electron chi connectivity index (χ4n) is 2.50. The largest absolute Gasteiger partial charge is 0.417 e. The van der Waals surface area contributed by atoms with E-state index in [4.69, 9.17) is 4.84 Å². The first kappa shape index (κ1) is 17.7. The summed E-state index contributed by atoms with van der Waals surface area (Å²) in [5.74, 6) is 0. The van der Waals surface area contributed by atoms with Crippen LogP contribution in [0.1, 0.15) is 16.7 Å². The lowest BCUT2D eigenvalue weighted by Crippen LogP contribution is -2.08. The van der Waals surface area contributed by atoms with Gasteiger partial charge in [0.2, 0.25) is 0 Å². The molecule has 0 saturated heterocycles. The van der Waals surface area contributed by atoms with Crippen LogP contribution in [0.15, 0.2) is 84.0 Å². The Hall–Kier alpha value is -3.08. The van der Waals surface area contributed by atoms with Crippen LogP contribution in [-0.4, -0.2) is 6.21 Å². The van der Waals surface area contributed by atoms with Crippen molar-refractivity contribution < 1.29 is 18.0 Å². The van der Waals surface area contributed by atoms with Gasteiger partial charge in [-0.1, -0.05) is 78.0 Å². The van der Waals surface area contributed by atoms with Crippen LogP contribution in [0.2, 0.25) is 0 Å². The zero-order chi connectivity index (χ0) is 18.4. The Kier molecular flexibility index (Phi) is 5.37. The molecular weight excluding hydrogens is 339 g/mol. The van der Waals surface area contributed by atoms with E-state index in [0.29, 0.717) is 0 Å². The van der Waals surface area contributed by atoms with Gasteiger partial charge in [-0.2, -0.15) is 13.2 Å². The summed E-state index contributed by atoms with van der Waals surface area (Å²) < 4.78 is 38.7. The maximum Gasteiger partial charge on any atom is 0.417 e. The number of oxime groups is 1. The van der Waals surface area contributed by atoms with E-state index in [1.54, 1.807) is 0 Å². The SMILES string of the molecule is FC(F)(F)c1ccccc1C=NOCc1ccc(-c2ccccc2)cc1. The number of halogens is 3. The molecule has 3 aromatic rings. The Bertz CT molecular complexity index is 872. The second kappa shape index (κ2) is 7.87. The molecule has 0 saturated carbocycles. The molecule has 26 heavy (non-hydrogen) atoms. The van der Waals surface area contributed by atoms with Crippen LogP contribution in [0.5, 0.6) is 0 Å². The fraction of sp³-hybridized carbons (Fsp3) is 0.0952. The van der Waals surface area contributed by atoms with Crippen molar-refractivity contribution in [1.29, 1.82) is 0 Å². The van der Waals surface area contributed by atoms with E-state index < -0.39 is 11.7 Å². The molecule has 0 radical (unpaired) electrons. The molecule has 0 aromatic heterocycles. The summed E-state index contributed by atoms with van der Waals surface area (Å²) >= 11 is 0. The van der Waals surface area contributed by atoms with Gasteiger partial charge in [0.15, 0.2) is 0 Å². The van der Waals surface area contributed by atoms with Crippen molar-refractivity contribution in [2.45, 2.75) is 12.8 Å². The molecule has 0 atom stereocenters. The zero-order valence-electron chi connectivity index (χ0n) is 13.8. The molecule has 0 spiro atoms. The molecule has 0 bridgehead atoms. The highest BCUT2D eigenvalue weighted by Crippen LogP contribution is 2.31. The van der Waals surface area contributed by atoms with Crippen molar-refractivity contribution >= 4 is 6.21 Å². The van der Waals surface area contributed by atoms with Gasteiger partial charge in [-0.05, 0) is 22.8 Å². The third-order valence-corrected chi connectivity index (χ3v) is 3.82. The Morgan fingerprint density at radius 2 is 1.38 bits per heavy atom. The molecule has 0 heterocycles. The molecule has 0 aliphatic rings. The molecule has 3 rings (SSSR count). The third-order valence-electron chi connectivity index (χ3n) is 3.82. The smallest absolute Gasteiger partial charge is 0.391 e. The number of benzene rings is 3. The summed E-state index contributed by atoms with van der Waals surface area (Å²) in [6, 6.07) is 22.9. The van der Waals surface area contributed by atoms with Crippen LogP contribution in [0, 0.1) is 0 Å². The van der Waals surface area contributed by atoms with Crippen molar-refractivity contribution in [1.82, 2.24) is 0 Å². The van der Waals surface area contributed by atoms with Crippen LogP contribution in [-0.2, 0) is 17.6 Å². The number of rotatable bonds is 5. The first-order chi connectivity index (χ1) is 12.5. The fourth-order valence-corrected chi connectivity index (χ4v) is 2.50. The minimum Gasteiger partial charge on any atom is -0.391 e. The molecule has 5 heteroatoms. The molecule has 3 aromatic carbocycles. The second-order valence-electron chi connectivity index (χ2n) is 5.66. The topological polar surface area (TPSA) is 21.6 Å². The highest BCUT2D eigenvalue weighted by Gasteiger charge is 2.32. The lowest BCUT2D eigenvalue weighted by atomic mass is 10.0. The summed E-state index contributed by atoms with van der Waals surface area (Å²) in [5, 5.41) is 3.67. The van der Waals surface area contributed by atoms with Crippen LogP contribution >= 0.6 is 0 Å². The summed E-state index contributed by atoms with van der Waals surface area (Å²) in [5.41, 5.74) is 2.31. The maximum absolute atomic E-state index is 12.9. The predicted molar refractivity (Wildman–Crippen MR) is 95.7 cm³/mol. The Morgan fingerprint density at radius 1 is 0.769 bits per heavy atom. The molecule has 0 unspecified atom stereocenters. The number of hydrogen-bond acceptors (Lipinski definition) is 2. The lowest BCUT2D eigenvalue weighted by molar-refractivity contribution is -0.137. The minimum absolute atomic E-state index is 0.0283. The van der Waals surface area contributed by atoms with Crippen LogP contribution in [0.4, 0.5) is 13.2 Å². The molecule has 0 aliphatic carbocycles. The third kappa shape index (κ3) is 4.51. The summed E-state index contributed by atoms with van der Waals surface area (Å²) in [6.45, 7) is 0.180. The van der Waals surface area contributed by atoms with E-state index in [2.05, 4.69) is 5.16 Å². The van der Waals surface area contributed by atoms with Gasteiger partial charge in [-0.15, -0.1) is 0 Å². The Balaban J connectivity index is 1.61. The molecule has 132 valence electrons. The lowest BCUT2D eigenvalue weighted by Gasteiger charge is -2.09. The zero-order valence-corrected chi connectivity index (χ0v) is 13.8. The van der Waals surface area contributed by atoms with Crippen LogP contribution in [0.3, 0.4) is 0 Å². The van der Waals surface area contributed by atoms with Gasteiger partial charge in [0.1, 0.15) is 6.61 Å². The molecule has 0 fully saturated rings.